The van der Waals surface area contributed by atoms with E-state index >= 15 is 0 Å². The molecule has 1 fully saturated rings. The standard InChI is InChI=1S/C20H21Cl2N3O2/c21-15-7-8-17(16(22)12-15)24-20(27)18-5-1-2-11-25(18)19(26)9-6-14-4-3-10-23-13-14/h3-4,7-8,10,12-13,18H,1-2,5-6,9,11H2,(H,24,27). The van der Waals surface area contributed by atoms with E-state index in [1.54, 1.807) is 35.5 Å². The van der Waals surface area contributed by atoms with Crippen molar-refractivity contribution < 1.29 is 9.59 Å². The van der Waals surface area contributed by atoms with Gasteiger partial charge in [-0.05, 0) is 55.5 Å². The van der Waals surface area contributed by atoms with E-state index in [9.17, 15) is 9.59 Å². The summed E-state index contributed by atoms with van der Waals surface area (Å²) < 4.78 is 0. The van der Waals surface area contributed by atoms with E-state index in [-0.39, 0.29) is 11.8 Å². The molecule has 1 aromatic heterocycles. The summed E-state index contributed by atoms with van der Waals surface area (Å²) in [6.07, 6.45) is 6.91. The zero-order valence-electron chi connectivity index (χ0n) is 14.8. The summed E-state index contributed by atoms with van der Waals surface area (Å²) >= 11 is 12.0. The van der Waals surface area contributed by atoms with Gasteiger partial charge in [0.15, 0.2) is 0 Å². The monoisotopic (exact) mass is 405 g/mol. The van der Waals surface area contributed by atoms with Crippen LogP contribution in [0.2, 0.25) is 10.0 Å². The molecule has 1 N–H and O–H groups in total. The molecule has 3 rings (SSSR count). The van der Waals surface area contributed by atoms with Gasteiger partial charge in [0, 0.05) is 30.4 Å². The average molecular weight is 406 g/mol. The van der Waals surface area contributed by atoms with Crippen LogP contribution in [0.15, 0.2) is 42.7 Å². The minimum Gasteiger partial charge on any atom is -0.331 e. The molecule has 1 aromatic carbocycles. The second-order valence-corrected chi connectivity index (χ2v) is 7.42. The Bertz CT molecular complexity index is 814. The lowest BCUT2D eigenvalue weighted by Gasteiger charge is -2.35. The maximum absolute atomic E-state index is 12.8. The molecule has 0 saturated carbocycles. The van der Waals surface area contributed by atoms with Crippen molar-refractivity contribution in [3.63, 3.8) is 0 Å². The number of amides is 2. The number of carbonyl (C=O) groups excluding carboxylic acids is 2. The van der Waals surface area contributed by atoms with Gasteiger partial charge in [-0.1, -0.05) is 29.3 Å². The highest BCUT2D eigenvalue weighted by molar-refractivity contribution is 6.36. The van der Waals surface area contributed by atoms with E-state index in [0.717, 1.165) is 18.4 Å². The first-order valence-electron chi connectivity index (χ1n) is 8.99. The lowest BCUT2D eigenvalue weighted by molar-refractivity contribution is -0.140. The van der Waals surface area contributed by atoms with Crippen molar-refractivity contribution in [2.24, 2.45) is 0 Å². The van der Waals surface area contributed by atoms with Gasteiger partial charge in [-0.15, -0.1) is 0 Å². The Balaban J connectivity index is 1.65. The Kier molecular flexibility index (Phi) is 6.69. The summed E-state index contributed by atoms with van der Waals surface area (Å²) in [6, 6.07) is 8.24. The number of benzene rings is 1. The van der Waals surface area contributed by atoms with Crippen molar-refractivity contribution in [2.75, 3.05) is 11.9 Å². The van der Waals surface area contributed by atoms with E-state index in [1.165, 1.54) is 0 Å². The Morgan fingerprint density at radius 1 is 1.22 bits per heavy atom. The Morgan fingerprint density at radius 3 is 2.81 bits per heavy atom. The molecule has 2 heterocycles. The first-order chi connectivity index (χ1) is 13.0. The molecule has 0 radical (unpaired) electrons. The number of likely N-dealkylation sites (tertiary alicyclic amines) is 1. The maximum atomic E-state index is 12.8. The van der Waals surface area contributed by atoms with Crippen LogP contribution < -0.4 is 5.32 Å². The molecule has 2 aromatic rings. The first-order valence-corrected chi connectivity index (χ1v) is 9.74. The van der Waals surface area contributed by atoms with E-state index in [2.05, 4.69) is 10.3 Å². The largest absolute Gasteiger partial charge is 0.331 e. The lowest BCUT2D eigenvalue weighted by Crippen LogP contribution is -2.50. The minimum atomic E-state index is -0.480. The van der Waals surface area contributed by atoms with Crippen LogP contribution in [0.3, 0.4) is 0 Å². The maximum Gasteiger partial charge on any atom is 0.247 e. The average Bonchev–Trinajstić information content (AvgIpc) is 2.69. The number of anilines is 1. The van der Waals surface area contributed by atoms with Crippen LogP contribution in [0.4, 0.5) is 5.69 Å². The van der Waals surface area contributed by atoms with Gasteiger partial charge in [0.2, 0.25) is 11.8 Å². The van der Waals surface area contributed by atoms with Crippen molar-refractivity contribution in [3.8, 4) is 0 Å². The van der Waals surface area contributed by atoms with Crippen LogP contribution in [0.5, 0.6) is 0 Å². The molecule has 1 aliphatic heterocycles. The number of rotatable bonds is 5. The number of piperidine rings is 1. The zero-order valence-corrected chi connectivity index (χ0v) is 16.3. The fraction of sp³-hybridized carbons (Fsp3) is 0.350. The van der Waals surface area contributed by atoms with Crippen molar-refractivity contribution in [1.29, 1.82) is 0 Å². The smallest absolute Gasteiger partial charge is 0.247 e. The molecule has 0 aliphatic carbocycles. The third-order valence-electron chi connectivity index (χ3n) is 4.67. The van der Waals surface area contributed by atoms with Crippen LogP contribution in [0.25, 0.3) is 0 Å². The number of halogens is 2. The molecule has 27 heavy (non-hydrogen) atoms. The van der Waals surface area contributed by atoms with E-state index in [1.807, 2.05) is 12.1 Å². The normalized spacial score (nSPS) is 16.8. The van der Waals surface area contributed by atoms with Crippen molar-refractivity contribution in [1.82, 2.24) is 9.88 Å². The molecule has 1 saturated heterocycles. The number of nitrogens with one attached hydrogen (secondary N) is 1. The van der Waals surface area contributed by atoms with Gasteiger partial charge in [-0.3, -0.25) is 14.6 Å². The minimum absolute atomic E-state index is 0.0130. The van der Waals surface area contributed by atoms with Crippen LogP contribution >= 0.6 is 23.2 Å². The first kappa shape index (κ1) is 19.6. The van der Waals surface area contributed by atoms with Gasteiger partial charge in [0.05, 0.1) is 10.7 Å². The van der Waals surface area contributed by atoms with Gasteiger partial charge in [0.25, 0.3) is 0 Å². The van der Waals surface area contributed by atoms with E-state index in [0.29, 0.717) is 41.5 Å². The molecular formula is C20H21Cl2N3O2. The molecule has 142 valence electrons. The van der Waals surface area contributed by atoms with Crippen LogP contribution in [0.1, 0.15) is 31.2 Å². The molecule has 0 bridgehead atoms. The molecule has 1 atom stereocenters. The highest BCUT2D eigenvalue weighted by Crippen LogP contribution is 2.27. The number of aromatic nitrogens is 1. The molecule has 1 unspecified atom stereocenters. The number of carbonyl (C=O) groups is 2. The van der Waals surface area contributed by atoms with Gasteiger partial charge in [-0.25, -0.2) is 0 Å². The molecule has 1 aliphatic rings. The van der Waals surface area contributed by atoms with Gasteiger partial charge >= 0.3 is 0 Å². The van der Waals surface area contributed by atoms with E-state index < -0.39 is 6.04 Å². The Morgan fingerprint density at radius 2 is 2.07 bits per heavy atom. The third-order valence-corrected chi connectivity index (χ3v) is 5.21. The molecule has 5 nitrogen and oxygen atoms in total. The molecule has 2 amide bonds. The van der Waals surface area contributed by atoms with Crippen molar-refractivity contribution >= 4 is 40.7 Å². The molecule has 7 heteroatoms. The summed E-state index contributed by atoms with van der Waals surface area (Å²) in [5.74, 6) is -0.227. The van der Waals surface area contributed by atoms with Crippen LogP contribution in [0, 0.1) is 0 Å². The number of pyridine rings is 1. The number of aryl methyl sites for hydroxylation is 1. The summed E-state index contributed by atoms with van der Waals surface area (Å²) in [5.41, 5.74) is 1.51. The van der Waals surface area contributed by atoms with Crippen LogP contribution in [-0.4, -0.2) is 34.3 Å². The summed E-state index contributed by atoms with van der Waals surface area (Å²) in [5, 5.41) is 3.71. The lowest BCUT2D eigenvalue weighted by atomic mass is 10.00. The quantitative estimate of drug-likeness (QED) is 0.804. The fourth-order valence-electron chi connectivity index (χ4n) is 3.25. The number of hydrogen-bond donors (Lipinski definition) is 1. The Hall–Kier alpha value is -2.11. The second kappa shape index (κ2) is 9.20. The van der Waals surface area contributed by atoms with Crippen molar-refractivity contribution in [2.45, 2.75) is 38.1 Å². The molecular weight excluding hydrogens is 385 g/mol. The highest BCUT2D eigenvalue weighted by atomic mass is 35.5. The fourth-order valence-corrected chi connectivity index (χ4v) is 3.71. The number of hydrogen-bond acceptors (Lipinski definition) is 3. The summed E-state index contributed by atoms with van der Waals surface area (Å²) in [4.78, 5) is 31.3. The predicted octanol–water partition coefficient (Wildman–Crippen LogP) is 4.34. The SMILES string of the molecule is O=C(Nc1ccc(Cl)cc1Cl)C1CCCCN1C(=O)CCc1cccnc1. The third kappa shape index (κ3) is 5.21. The Labute approximate surface area is 168 Å². The van der Waals surface area contributed by atoms with E-state index in [4.69, 9.17) is 23.2 Å². The van der Waals surface area contributed by atoms with Gasteiger partial charge in [-0.2, -0.15) is 0 Å². The van der Waals surface area contributed by atoms with Crippen molar-refractivity contribution in [3.05, 3.63) is 58.3 Å². The topological polar surface area (TPSA) is 62.3 Å². The van der Waals surface area contributed by atoms with Gasteiger partial charge < -0.3 is 10.2 Å². The summed E-state index contributed by atoms with van der Waals surface area (Å²) in [6.45, 7) is 0.596. The zero-order chi connectivity index (χ0) is 19.2. The summed E-state index contributed by atoms with van der Waals surface area (Å²) in [7, 11) is 0. The van der Waals surface area contributed by atoms with Gasteiger partial charge in [0.1, 0.15) is 6.04 Å². The highest BCUT2D eigenvalue weighted by Gasteiger charge is 2.32. The number of nitrogens with zero attached hydrogens (tertiary/aromatic N) is 2. The van der Waals surface area contributed by atoms with Crippen LogP contribution in [-0.2, 0) is 16.0 Å². The second-order valence-electron chi connectivity index (χ2n) is 6.57. The predicted molar refractivity (Wildman–Crippen MR) is 107 cm³/mol. The molecule has 0 spiro atoms.